The lowest BCUT2D eigenvalue weighted by molar-refractivity contribution is -0.136. The van der Waals surface area contributed by atoms with Crippen LogP contribution in [0.3, 0.4) is 0 Å². The third kappa shape index (κ3) is 4.37. The number of hydrogen-bond acceptors (Lipinski definition) is 6. The topological polar surface area (TPSA) is 91.8 Å². The molecule has 4 heterocycles. The number of ether oxygens (including phenoxy) is 1. The van der Waals surface area contributed by atoms with Gasteiger partial charge in [0.2, 0.25) is 11.8 Å². The summed E-state index contributed by atoms with van der Waals surface area (Å²) in [4.78, 5) is 45.1. The zero-order valence-corrected chi connectivity index (χ0v) is 20.7. The summed E-state index contributed by atoms with van der Waals surface area (Å²) in [6, 6.07) is 7.38. The van der Waals surface area contributed by atoms with Crippen molar-refractivity contribution in [3.8, 4) is 5.75 Å². The Kier molecular flexibility index (Phi) is 6.17. The number of benzene rings is 1. The van der Waals surface area contributed by atoms with Crippen molar-refractivity contribution < 1.29 is 19.1 Å². The summed E-state index contributed by atoms with van der Waals surface area (Å²) >= 11 is 6.13. The molecule has 3 fully saturated rings. The van der Waals surface area contributed by atoms with Gasteiger partial charge in [0.1, 0.15) is 17.9 Å². The molecule has 4 aliphatic rings. The number of halogens is 1. The molecule has 1 aromatic heterocycles. The molecule has 0 radical (unpaired) electrons. The fourth-order valence-corrected chi connectivity index (χ4v) is 6.26. The highest BCUT2D eigenvalue weighted by molar-refractivity contribution is 6.30. The molecule has 9 heteroatoms. The third-order valence-electron chi connectivity index (χ3n) is 8.03. The molecule has 1 saturated carbocycles. The minimum absolute atomic E-state index is 0.0959. The van der Waals surface area contributed by atoms with Crippen LogP contribution in [0.25, 0.3) is 0 Å². The number of rotatable bonds is 5. The molecule has 1 N–H and O–H groups in total. The van der Waals surface area contributed by atoms with Gasteiger partial charge >= 0.3 is 0 Å². The molecular weight excluding hydrogens is 480 g/mol. The van der Waals surface area contributed by atoms with E-state index in [9.17, 15) is 14.4 Å². The molecular formula is C27H29ClN4O4. The molecule has 3 amide bonds. The lowest BCUT2D eigenvalue weighted by Gasteiger charge is -2.48. The molecule has 6 rings (SSSR count). The second kappa shape index (κ2) is 9.48. The number of imide groups is 1. The normalized spacial score (nSPS) is 27.0. The van der Waals surface area contributed by atoms with Crippen LogP contribution in [-0.4, -0.2) is 63.8 Å². The second-order valence-corrected chi connectivity index (χ2v) is 10.8. The average Bonchev–Trinajstić information content (AvgIpc) is 3.15. The maximum absolute atomic E-state index is 13.0. The van der Waals surface area contributed by atoms with Crippen molar-refractivity contribution in [2.75, 3.05) is 13.1 Å². The first-order valence-electron chi connectivity index (χ1n) is 12.7. The summed E-state index contributed by atoms with van der Waals surface area (Å²) in [6.07, 6.45) is 8.74. The Labute approximate surface area is 214 Å². The van der Waals surface area contributed by atoms with Crippen LogP contribution >= 0.6 is 11.6 Å². The first-order valence-corrected chi connectivity index (χ1v) is 13.1. The SMILES string of the molecule is O=C1CCC(N2Cc3cc(O[C@@H]4CCCC[C@H]4N4CC(c5cncc(Cl)c5)C4)ccc3C2=O)C(=O)N1. The summed E-state index contributed by atoms with van der Waals surface area (Å²) in [5.74, 6) is 0.373. The molecule has 1 aromatic carbocycles. The smallest absolute Gasteiger partial charge is 0.255 e. The Hall–Kier alpha value is -2.97. The van der Waals surface area contributed by atoms with E-state index in [-0.39, 0.29) is 24.3 Å². The number of carbonyl (C=O) groups is 3. The first kappa shape index (κ1) is 23.4. The highest BCUT2D eigenvalue weighted by Crippen LogP contribution is 2.37. The molecule has 2 aromatic rings. The van der Waals surface area contributed by atoms with E-state index in [0.29, 0.717) is 35.5 Å². The van der Waals surface area contributed by atoms with Crippen LogP contribution in [0.4, 0.5) is 0 Å². The Morgan fingerprint density at radius 1 is 1.03 bits per heavy atom. The van der Waals surface area contributed by atoms with Crippen LogP contribution in [-0.2, 0) is 16.1 Å². The molecule has 0 bridgehead atoms. The van der Waals surface area contributed by atoms with Gasteiger partial charge in [-0.15, -0.1) is 0 Å². The van der Waals surface area contributed by atoms with Crippen LogP contribution < -0.4 is 10.1 Å². The van der Waals surface area contributed by atoms with Gasteiger partial charge in [0.05, 0.1) is 5.02 Å². The third-order valence-corrected chi connectivity index (χ3v) is 8.23. The van der Waals surface area contributed by atoms with E-state index in [1.54, 1.807) is 11.1 Å². The summed E-state index contributed by atoms with van der Waals surface area (Å²) in [5, 5.41) is 3.03. The van der Waals surface area contributed by atoms with Crippen LogP contribution in [0, 0.1) is 0 Å². The maximum Gasteiger partial charge on any atom is 0.255 e. The summed E-state index contributed by atoms with van der Waals surface area (Å²) in [6.45, 7) is 2.31. The predicted molar refractivity (Wildman–Crippen MR) is 133 cm³/mol. The van der Waals surface area contributed by atoms with Crippen molar-refractivity contribution in [3.05, 3.63) is 58.4 Å². The lowest BCUT2D eigenvalue weighted by atomic mass is 9.85. The standard InChI is InChI=1S/C27H29ClN4O4/c28-19-9-16(11-29-12-19)18-13-31(14-18)22-3-1-2-4-24(22)36-20-5-6-21-17(10-20)15-32(27(21)35)23-7-8-25(33)30-26(23)34/h5-6,9-12,18,22-24H,1-4,7-8,13-15H2,(H,30,33,34)/t22-,23?,24-/m1/s1. The molecule has 8 nitrogen and oxygen atoms in total. The predicted octanol–water partition coefficient (Wildman–Crippen LogP) is 3.29. The van der Waals surface area contributed by atoms with E-state index < -0.39 is 11.9 Å². The highest BCUT2D eigenvalue weighted by atomic mass is 35.5. The van der Waals surface area contributed by atoms with Crippen LogP contribution in [0.15, 0.2) is 36.7 Å². The van der Waals surface area contributed by atoms with Crippen molar-refractivity contribution in [2.24, 2.45) is 0 Å². The first-order chi connectivity index (χ1) is 17.5. The van der Waals surface area contributed by atoms with Gasteiger partial charge in [-0.2, -0.15) is 0 Å². The van der Waals surface area contributed by atoms with Gasteiger partial charge in [-0.25, -0.2) is 0 Å². The molecule has 0 spiro atoms. The fourth-order valence-electron chi connectivity index (χ4n) is 6.08. The van der Waals surface area contributed by atoms with Crippen molar-refractivity contribution in [1.29, 1.82) is 0 Å². The summed E-state index contributed by atoms with van der Waals surface area (Å²) < 4.78 is 6.53. The number of fused-ring (bicyclic) bond motifs is 1. The molecule has 3 atom stereocenters. The lowest BCUT2D eigenvalue weighted by Crippen LogP contribution is -2.57. The van der Waals surface area contributed by atoms with Gasteiger partial charge in [0, 0.05) is 56.0 Å². The number of carbonyl (C=O) groups excluding carboxylic acids is 3. The summed E-state index contributed by atoms with van der Waals surface area (Å²) in [7, 11) is 0. The number of nitrogens with one attached hydrogen (secondary N) is 1. The van der Waals surface area contributed by atoms with Gasteiger partial charge in [-0.3, -0.25) is 29.6 Å². The van der Waals surface area contributed by atoms with E-state index in [1.165, 1.54) is 12.0 Å². The molecule has 1 aliphatic carbocycles. The van der Waals surface area contributed by atoms with E-state index in [2.05, 4.69) is 15.2 Å². The van der Waals surface area contributed by atoms with Crippen molar-refractivity contribution in [1.82, 2.24) is 20.1 Å². The minimum atomic E-state index is -0.608. The Balaban J connectivity index is 1.12. The number of pyridine rings is 1. The molecule has 2 saturated heterocycles. The van der Waals surface area contributed by atoms with E-state index in [0.717, 1.165) is 43.7 Å². The molecule has 1 unspecified atom stereocenters. The minimum Gasteiger partial charge on any atom is -0.489 e. The fraction of sp³-hybridized carbons (Fsp3) is 0.481. The highest BCUT2D eigenvalue weighted by Gasteiger charge is 2.41. The van der Waals surface area contributed by atoms with Gasteiger partial charge in [-0.05, 0) is 61.1 Å². The number of hydrogen-bond donors (Lipinski definition) is 1. The van der Waals surface area contributed by atoms with Crippen LogP contribution in [0.5, 0.6) is 5.75 Å². The molecule has 188 valence electrons. The van der Waals surface area contributed by atoms with Gasteiger partial charge in [0.15, 0.2) is 0 Å². The second-order valence-electron chi connectivity index (χ2n) is 10.3. The Morgan fingerprint density at radius 2 is 1.86 bits per heavy atom. The van der Waals surface area contributed by atoms with E-state index in [4.69, 9.17) is 16.3 Å². The van der Waals surface area contributed by atoms with Crippen molar-refractivity contribution in [2.45, 2.75) is 69.2 Å². The number of likely N-dealkylation sites (tertiary alicyclic amines) is 1. The largest absolute Gasteiger partial charge is 0.489 e. The number of aromatic nitrogens is 1. The van der Waals surface area contributed by atoms with Gasteiger partial charge < -0.3 is 9.64 Å². The van der Waals surface area contributed by atoms with Crippen molar-refractivity contribution in [3.63, 3.8) is 0 Å². The quantitative estimate of drug-likeness (QED) is 0.623. The number of nitrogens with zero attached hydrogens (tertiary/aromatic N) is 3. The zero-order valence-electron chi connectivity index (χ0n) is 20.0. The van der Waals surface area contributed by atoms with Crippen LogP contribution in [0.2, 0.25) is 5.02 Å². The Bertz CT molecular complexity index is 1210. The Morgan fingerprint density at radius 3 is 2.67 bits per heavy atom. The molecule has 3 aliphatic heterocycles. The molecule has 36 heavy (non-hydrogen) atoms. The van der Waals surface area contributed by atoms with Crippen LogP contribution in [0.1, 0.15) is 65.9 Å². The average molecular weight is 509 g/mol. The van der Waals surface area contributed by atoms with E-state index in [1.807, 2.05) is 30.5 Å². The van der Waals surface area contributed by atoms with Gasteiger partial charge in [0.25, 0.3) is 5.91 Å². The van der Waals surface area contributed by atoms with Crippen molar-refractivity contribution >= 4 is 29.3 Å². The maximum atomic E-state index is 13.0. The number of amides is 3. The van der Waals surface area contributed by atoms with E-state index >= 15 is 0 Å². The van der Waals surface area contributed by atoms with Gasteiger partial charge in [-0.1, -0.05) is 18.0 Å². The zero-order chi connectivity index (χ0) is 24.8. The number of piperidine rings is 1. The monoisotopic (exact) mass is 508 g/mol. The summed E-state index contributed by atoms with van der Waals surface area (Å²) in [5.41, 5.74) is 2.66.